The summed E-state index contributed by atoms with van der Waals surface area (Å²) >= 11 is 0. The average Bonchev–Trinajstić information content (AvgIpc) is 2.55. The molecule has 2 nitrogen and oxygen atoms in total. The molecule has 1 aromatic heterocycles. The van der Waals surface area contributed by atoms with Crippen molar-refractivity contribution in [3.8, 4) is 0 Å². The van der Waals surface area contributed by atoms with Crippen molar-refractivity contribution < 1.29 is 13.6 Å². The van der Waals surface area contributed by atoms with Crippen LogP contribution in [0.4, 0.5) is 8.78 Å². The van der Waals surface area contributed by atoms with Gasteiger partial charge in [-0.25, -0.2) is 8.78 Å². The van der Waals surface area contributed by atoms with Crippen molar-refractivity contribution in [2.24, 2.45) is 0 Å². The maximum Gasteiger partial charge on any atom is 0.185 e. The molecule has 0 saturated heterocycles. The van der Waals surface area contributed by atoms with E-state index in [1.165, 1.54) is 12.1 Å². The van der Waals surface area contributed by atoms with Crippen LogP contribution in [-0.4, -0.2) is 10.8 Å². The summed E-state index contributed by atoms with van der Waals surface area (Å²) in [6, 6.07) is 12.6. The Morgan fingerprint density at radius 2 is 1.82 bits per heavy atom. The Balaban J connectivity index is 1.85. The Morgan fingerprint density at radius 3 is 2.64 bits per heavy atom. The first kappa shape index (κ1) is 14.1. The van der Waals surface area contributed by atoms with Crippen LogP contribution >= 0.6 is 0 Å². The normalized spacial score (nSPS) is 11.2. The Bertz CT molecular complexity index is 887. The molecule has 0 N–H and O–H groups in total. The Hall–Kier alpha value is -2.88. The van der Waals surface area contributed by atoms with Gasteiger partial charge in [-0.1, -0.05) is 18.2 Å². The molecule has 0 fully saturated rings. The first-order valence-corrected chi connectivity index (χ1v) is 6.66. The van der Waals surface area contributed by atoms with Gasteiger partial charge in [0.25, 0.3) is 0 Å². The minimum Gasteiger partial charge on any atom is -0.289 e. The number of hydrogen-bond acceptors (Lipinski definition) is 2. The second kappa shape index (κ2) is 5.85. The zero-order valence-corrected chi connectivity index (χ0v) is 11.5. The quantitative estimate of drug-likeness (QED) is 0.529. The summed E-state index contributed by atoms with van der Waals surface area (Å²) in [6.45, 7) is 0. The summed E-state index contributed by atoms with van der Waals surface area (Å²) in [4.78, 5) is 16.2. The summed E-state index contributed by atoms with van der Waals surface area (Å²) in [5.74, 6) is -2.40. The number of allylic oxidation sites excluding steroid dienone is 1. The van der Waals surface area contributed by atoms with Crippen LogP contribution in [0.1, 0.15) is 15.9 Å². The number of fused-ring (bicyclic) bond motifs is 1. The first-order chi connectivity index (χ1) is 10.6. The lowest BCUT2D eigenvalue weighted by atomic mass is 10.1. The molecule has 3 rings (SSSR count). The van der Waals surface area contributed by atoms with E-state index in [1.807, 2.05) is 30.3 Å². The predicted octanol–water partition coefficient (Wildman–Crippen LogP) is 4.41. The zero-order valence-electron chi connectivity index (χ0n) is 11.5. The minimum atomic E-state index is -1.04. The molecule has 108 valence electrons. The number of benzene rings is 2. The molecule has 0 radical (unpaired) electrons. The van der Waals surface area contributed by atoms with E-state index < -0.39 is 17.4 Å². The fourth-order valence-corrected chi connectivity index (χ4v) is 2.10. The van der Waals surface area contributed by atoms with Crippen molar-refractivity contribution in [2.45, 2.75) is 0 Å². The highest BCUT2D eigenvalue weighted by atomic mass is 19.2. The molecule has 0 aliphatic rings. The number of rotatable bonds is 3. The lowest BCUT2D eigenvalue weighted by Crippen LogP contribution is -1.96. The monoisotopic (exact) mass is 295 g/mol. The van der Waals surface area contributed by atoms with Gasteiger partial charge in [-0.05, 0) is 48.0 Å². The van der Waals surface area contributed by atoms with Crippen LogP contribution in [0.25, 0.3) is 17.0 Å². The molecule has 4 heteroatoms. The van der Waals surface area contributed by atoms with Crippen molar-refractivity contribution in [2.75, 3.05) is 0 Å². The maximum atomic E-state index is 13.1. The summed E-state index contributed by atoms with van der Waals surface area (Å²) in [7, 11) is 0. The number of halogens is 2. The smallest absolute Gasteiger partial charge is 0.185 e. The molecule has 1 heterocycles. The number of para-hydroxylation sites is 1. The lowest BCUT2D eigenvalue weighted by molar-refractivity contribution is 0.104. The molecule has 2 aromatic carbocycles. The van der Waals surface area contributed by atoms with Gasteiger partial charge in [0, 0.05) is 17.1 Å². The molecule has 0 unspecified atom stereocenters. The summed E-state index contributed by atoms with van der Waals surface area (Å²) in [5.41, 5.74) is 1.73. The Labute approximate surface area is 125 Å². The topological polar surface area (TPSA) is 30.0 Å². The van der Waals surface area contributed by atoms with Crippen LogP contribution in [0.5, 0.6) is 0 Å². The van der Waals surface area contributed by atoms with E-state index in [4.69, 9.17) is 0 Å². The molecular formula is C18H11F2NO. The molecule has 22 heavy (non-hydrogen) atoms. The standard InChI is InChI=1S/C18H11F2NO/c19-15-7-6-14(10-16(15)20)18(22)8-5-12-9-13-3-1-2-4-17(13)21-11-12/h1-11H. The molecule has 0 amide bonds. The lowest BCUT2D eigenvalue weighted by Gasteiger charge is -1.99. The maximum absolute atomic E-state index is 13.1. The van der Waals surface area contributed by atoms with Gasteiger partial charge in [-0.2, -0.15) is 0 Å². The van der Waals surface area contributed by atoms with Crippen LogP contribution in [0.2, 0.25) is 0 Å². The van der Waals surface area contributed by atoms with E-state index >= 15 is 0 Å². The van der Waals surface area contributed by atoms with Crippen molar-refractivity contribution in [1.29, 1.82) is 0 Å². The van der Waals surface area contributed by atoms with E-state index in [1.54, 1.807) is 12.3 Å². The van der Waals surface area contributed by atoms with Crippen LogP contribution in [0, 0.1) is 11.6 Å². The van der Waals surface area contributed by atoms with Gasteiger partial charge >= 0.3 is 0 Å². The van der Waals surface area contributed by atoms with Crippen LogP contribution in [0.15, 0.2) is 60.8 Å². The number of nitrogens with zero attached hydrogens (tertiary/aromatic N) is 1. The van der Waals surface area contributed by atoms with Gasteiger partial charge < -0.3 is 0 Å². The van der Waals surface area contributed by atoms with Gasteiger partial charge in [-0.15, -0.1) is 0 Å². The third-order valence-corrected chi connectivity index (χ3v) is 3.24. The van der Waals surface area contributed by atoms with Gasteiger partial charge in [0.15, 0.2) is 17.4 Å². The number of aromatic nitrogens is 1. The second-order valence-electron chi connectivity index (χ2n) is 4.79. The van der Waals surface area contributed by atoms with Crippen molar-refractivity contribution in [3.63, 3.8) is 0 Å². The SMILES string of the molecule is O=C(C=Cc1cnc2ccccc2c1)c1ccc(F)c(F)c1. The van der Waals surface area contributed by atoms with E-state index in [2.05, 4.69) is 4.98 Å². The number of carbonyl (C=O) groups excluding carboxylic acids is 1. The number of ketones is 1. The third-order valence-electron chi connectivity index (χ3n) is 3.24. The molecular weight excluding hydrogens is 284 g/mol. The minimum absolute atomic E-state index is 0.101. The molecule has 3 aromatic rings. The van der Waals surface area contributed by atoms with E-state index in [9.17, 15) is 13.6 Å². The zero-order chi connectivity index (χ0) is 15.5. The van der Waals surface area contributed by atoms with Gasteiger partial charge in [-0.3, -0.25) is 9.78 Å². The van der Waals surface area contributed by atoms with Gasteiger partial charge in [0.05, 0.1) is 5.52 Å². The van der Waals surface area contributed by atoms with Crippen LogP contribution < -0.4 is 0 Å². The summed E-state index contributed by atoms with van der Waals surface area (Å²) in [5, 5.41) is 0.963. The Kier molecular flexibility index (Phi) is 3.74. The predicted molar refractivity (Wildman–Crippen MR) is 81.5 cm³/mol. The fraction of sp³-hybridized carbons (Fsp3) is 0. The fourth-order valence-electron chi connectivity index (χ4n) is 2.10. The third kappa shape index (κ3) is 2.91. The number of pyridine rings is 1. The average molecular weight is 295 g/mol. The molecule has 0 bridgehead atoms. The molecule has 0 spiro atoms. The van der Waals surface area contributed by atoms with E-state index in [0.29, 0.717) is 0 Å². The van der Waals surface area contributed by atoms with Crippen LogP contribution in [-0.2, 0) is 0 Å². The second-order valence-corrected chi connectivity index (χ2v) is 4.79. The Morgan fingerprint density at radius 1 is 1.00 bits per heavy atom. The van der Waals surface area contributed by atoms with Crippen LogP contribution in [0.3, 0.4) is 0 Å². The summed E-state index contributed by atoms with van der Waals surface area (Å²) in [6.07, 6.45) is 4.57. The van der Waals surface area contributed by atoms with Crippen molar-refractivity contribution >= 4 is 22.8 Å². The first-order valence-electron chi connectivity index (χ1n) is 6.66. The van der Waals surface area contributed by atoms with Crippen molar-refractivity contribution in [3.05, 3.63) is 83.6 Å². The number of hydrogen-bond donors (Lipinski definition) is 0. The molecule has 0 aliphatic carbocycles. The van der Waals surface area contributed by atoms with Crippen molar-refractivity contribution in [1.82, 2.24) is 4.98 Å². The highest BCUT2D eigenvalue weighted by Crippen LogP contribution is 2.14. The largest absolute Gasteiger partial charge is 0.289 e. The van der Waals surface area contributed by atoms with Gasteiger partial charge in [0.1, 0.15) is 0 Å². The van der Waals surface area contributed by atoms with E-state index in [-0.39, 0.29) is 5.56 Å². The highest BCUT2D eigenvalue weighted by Gasteiger charge is 2.07. The summed E-state index contributed by atoms with van der Waals surface area (Å²) < 4.78 is 26.0. The van der Waals surface area contributed by atoms with Gasteiger partial charge in [0.2, 0.25) is 0 Å². The highest BCUT2D eigenvalue weighted by molar-refractivity contribution is 6.06. The molecule has 0 aliphatic heterocycles. The molecule has 0 atom stereocenters. The van der Waals surface area contributed by atoms with E-state index in [0.717, 1.165) is 28.6 Å². The molecule has 0 saturated carbocycles. The number of carbonyl (C=O) groups is 1.